The fourth-order valence-corrected chi connectivity index (χ4v) is 2.69. The van der Waals surface area contributed by atoms with Crippen molar-refractivity contribution in [3.63, 3.8) is 0 Å². The molecule has 3 rings (SSSR count). The zero-order valence-corrected chi connectivity index (χ0v) is 13.8. The summed E-state index contributed by atoms with van der Waals surface area (Å²) >= 11 is 0. The predicted octanol–water partition coefficient (Wildman–Crippen LogP) is 2.09. The average Bonchev–Trinajstić information content (AvgIpc) is 3.03. The number of nitrogens with zero attached hydrogens (tertiary/aromatic N) is 2. The van der Waals surface area contributed by atoms with Crippen LogP contribution in [0.1, 0.15) is 18.4 Å². The number of hydrogen-bond acceptors (Lipinski definition) is 4. The Morgan fingerprint density at radius 3 is 2.52 bits per heavy atom. The number of benzene rings is 1. The normalized spacial score (nSPS) is 13.6. The van der Waals surface area contributed by atoms with Gasteiger partial charge in [-0.15, -0.1) is 0 Å². The van der Waals surface area contributed by atoms with Gasteiger partial charge >= 0.3 is 11.8 Å². The van der Waals surface area contributed by atoms with Crippen LogP contribution >= 0.6 is 0 Å². The number of nitrogens with one attached hydrogen (secondary N) is 2. The summed E-state index contributed by atoms with van der Waals surface area (Å²) in [5.74, 6) is -1.50. The van der Waals surface area contributed by atoms with Crippen molar-refractivity contribution in [3.05, 3.63) is 48.3 Å². The molecule has 7 heteroatoms. The SMILES string of the molecule is Cc1ccc(NC(=O)C(=O)Nc2cccnc2)cc1N1CCCC1=O. The molecule has 0 aliphatic carbocycles. The maximum atomic E-state index is 12.1. The second-order valence-corrected chi connectivity index (χ2v) is 5.80. The van der Waals surface area contributed by atoms with Crippen molar-refractivity contribution in [2.45, 2.75) is 19.8 Å². The molecule has 2 aromatic rings. The Kier molecular flexibility index (Phi) is 4.74. The number of pyridine rings is 1. The van der Waals surface area contributed by atoms with Crippen molar-refractivity contribution in [1.29, 1.82) is 0 Å². The molecule has 25 heavy (non-hydrogen) atoms. The summed E-state index contributed by atoms with van der Waals surface area (Å²) < 4.78 is 0. The van der Waals surface area contributed by atoms with Crippen LogP contribution in [0.2, 0.25) is 0 Å². The van der Waals surface area contributed by atoms with Gasteiger partial charge in [-0.05, 0) is 43.2 Å². The highest BCUT2D eigenvalue weighted by atomic mass is 16.2. The van der Waals surface area contributed by atoms with Gasteiger partial charge < -0.3 is 15.5 Å². The van der Waals surface area contributed by atoms with Crippen LogP contribution in [0.25, 0.3) is 0 Å². The fourth-order valence-electron chi connectivity index (χ4n) is 2.69. The molecule has 1 saturated heterocycles. The van der Waals surface area contributed by atoms with E-state index in [-0.39, 0.29) is 5.91 Å². The van der Waals surface area contributed by atoms with Gasteiger partial charge in [-0.3, -0.25) is 19.4 Å². The molecule has 7 nitrogen and oxygen atoms in total. The van der Waals surface area contributed by atoms with Crippen LogP contribution in [0.4, 0.5) is 17.1 Å². The summed E-state index contributed by atoms with van der Waals surface area (Å²) in [6, 6.07) is 8.53. The smallest absolute Gasteiger partial charge is 0.314 e. The van der Waals surface area contributed by atoms with E-state index in [0.29, 0.717) is 24.3 Å². The molecule has 128 valence electrons. The van der Waals surface area contributed by atoms with Gasteiger partial charge in [0.1, 0.15) is 0 Å². The van der Waals surface area contributed by atoms with Gasteiger partial charge in [0, 0.05) is 30.5 Å². The summed E-state index contributed by atoms with van der Waals surface area (Å²) in [4.78, 5) is 41.6. The molecule has 1 aromatic heterocycles. The summed E-state index contributed by atoms with van der Waals surface area (Å²) in [6.45, 7) is 2.57. The Morgan fingerprint density at radius 2 is 1.88 bits per heavy atom. The highest BCUT2D eigenvalue weighted by Gasteiger charge is 2.23. The molecule has 3 amide bonds. The molecule has 2 heterocycles. The number of hydrogen-bond donors (Lipinski definition) is 2. The van der Waals surface area contributed by atoms with Gasteiger partial charge in [0.25, 0.3) is 0 Å². The largest absolute Gasteiger partial charge is 0.318 e. The minimum Gasteiger partial charge on any atom is -0.318 e. The van der Waals surface area contributed by atoms with E-state index >= 15 is 0 Å². The van der Waals surface area contributed by atoms with Gasteiger partial charge in [0.05, 0.1) is 11.9 Å². The molecule has 1 aliphatic rings. The number of aryl methyl sites for hydroxylation is 1. The summed E-state index contributed by atoms with van der Waals surface area (Å²) in [5.41, 5.74) is 2.60. The molecular formula is C18H18N4O3. The monoisotopic (exact) mass is 338 g/mol. The average molecular weight is 338 g/mol. The third-order valence-corrected chi connectivity index (χ3v) is 3.96. The molecule has 0 bridgehead atoms. The number of rotatable bonds is 3. The van der Waals surface area contributed by atoms with Crippen molar-refractivity contribution < 1.29 is 14.4 Å². The molecule has 1 aliphatic heterocycles. The minimum atomic E-state index is -0.786. The van der Waals surface area contributed by atoms with E-state index < -0.39 is 11.8 Å². The van der Waals surface area contributed by atoms with Crippen molar-refractivity contribution in [3.8, 4) is 0 Å². The van der Waals surface area contributed by atoms with Crippen molar-refractivity contribution in [2.75, 3.05) is 22.1 Å². The lowest BCUT2D eigenvalue weighted by atomic mass is 10.1. The standard InChI is InChI=1S/C18H18N4O3/c1-12-6-7-13(10-15(12)22-9-3-5-16(22)23)20-17(24)18(25)21-14-4-2-8-19-11-14/h2,4,6-8,10-11H,3,5,9H2,1H3,(H,20,24)(H,21,25). The lowest BCUT2D eigenvalue weighted by Gasteiger charge is -2.19. The quantitative estimate of drug-likeness (QED) is 0.839. The first-order valence-corrected chi connectivity index (χ1v) is 7.98. The van der Waals surface area contributed by atoms with Crippen LogP contribution in [0.5, 0.6) is 0 Å². The lowest BCUT2D eigenvalue weighted by molar-refractivity contribution is -0.133. The van der Waals surface area contributed by atoms with E-state index in [0.717, 1.165) is 17.7 Å². The Balaban J connectivity index is 1.71. The van der Waals surface area contributed by atoms with Crippen LogP contribution < -0.4 is 15.5 Å². The topological polar surface area (TPSA) is 91.4 Å². The van der Waals surface area contributed by atoms with Crippen LogP contribution in [-0.2, 0) is 14.4 Å². The molecule has 0 unspecified atom stereocenters. The Bertz CT molecular complexity index is 820. The maximum absolute atomic E-state index is 12.1. The molecular weight excluding hydrogens is 320 g/mol. The third kappa shape index (κ3) is 3.82. The van der Waals surface area contributed by atoms with Crippen molar-refractivity contribution in [2.24, 2.45) is 0 Å². The molecule has 1 aromatic carbocycles. The maximum Gasteiger partial charge on any atom is 0.314 e. The van der Waals surface area contributed by atoms with E-state index in [1.807, 2.05) is 13.0 Å². The van der Waals surface area contributed by atoms with E-state index in [9.17, 15) is 14.4 Å². The minimum absolute atomic E-state index is 0.0703. The molecule has 1 fully saturated rings. The molecule has 0 spiro atoms. The summed E-state index contributed by atoms with van der Waals surface area (Å²) in [5, 5.41) is 5.03. The molecule has 2 N–H and O–H groups in total. The fraction of sp³-hybridized carbons (Fsp3) is 0.222. The first-order chi connectivity index (χ1) is 12.0. The van der Waals surface area contributed by atoms with Crippen molar-refractivity contribution in [1.82, 2.24) is 4.98 Å². The molecule has 0 radical (unpaired) electrons. The van der Waals surface area contributed by atoms with Gasteiger partial charge in [-0.2, -0.15) is 0 Å². The Labute approximate surface area is 145 Å². The summed E-state index contributed by atoms with van der Waals surface area (Å²) in [7, 11) is 0. The second kappa shape index (κ2) is 7.12. The predicted molar refractivity (Wildman–Crippen MR) is 94.3 cm³/mol. The third-order valence-electron chi connectivity index (χ3n) is 3.96. The number of amides is 3. The Morgan fingerprint density at radius 1 is 1.12 bits per heavy atom. The van der Waals surface area contributed by atoms with E-state index in [4.69, 9.17) is 0 Å². The van der Waals surface area contributed by atoms with Gasteiger partial charge in [-0.1, -0.05) is 6.07 Å². The number of carbonyl (C=O) groups excluding carboxylic acids is 3. The van der Waals surface area contributed by atoms with Crippen LogP contribution in [0.15, 0.2) is 42.7 Å². The highest BCUT2D eigenvalue weighted by Crippen LogP contribution is 2.28. The first-order valence-electron chi connectivity index (χ1n) is 7.98. The van der Waals surface area contributed by atoms with E-state index in [2.05, 4.69) is 15.6 Å². The van der Waals surface area contributed by atoms with Crippen LogP contribution in [0, 0.1) is 6.92 Å². The van der Waals surface area contributed by atoms with Gasteiger partial charge in [-0.25, -0.2) is 0 Å². The van der Waals surface area contributed by atoms with Gasteiger partial charge in [0.15, 0.2) is 0 Å². The van der Waals surface area contributed by atoms with Crippen molar-refractivity contribution >= 4 is 34.8 Å². The second-order valence-electron chi connectivity index (χ2n) is 5.80. The molecule has 0 saturated carbocycles. The van der Waals surface area contributed by atoms with Crippen LogP contribution in [0.3, 0.4) is 0 Å². The zero-order valence-electron chi connectivity index (χ0n) is 13.8. The number of carbonyl (C=O) groups is 3. The highest BCUT2D eigenvalue weighted by molar-refractivity contribution is 6.43. The van der Waals surface area contributed by atoms with Crippen LogP contribution in [-0.4, -0.2) is 29.3 Å². The van der Waals surface area contributed by atoms with E-state index in [1.54, 1.807) is 35.4 Å². The van der Waals surface area contributed by atoms with Gasteiger partial charge in [0.2, 0.25) is 5.91 Å². The van der Waals surface area contributed by atoms with E-state index in [1.165, 1.54) is 6.20 Å². The summed E-state index contributed by atoms with van der Waals surface area (Å²) in [6.07, 6.45) is 4.38. The number of aromatic nitrogens is 1. The number of anilines is 3. The molecule has 0 atom stereocenters. The Hall–Kier alpha value is -3.22. The lowest BCUT2D eigenvalue weighted by Crippen LogP contribution is -2.29. The first kappa shape index (κ1) is 16.6. The zero-order chi connectivity index (χ0) is 17.8.